The summed E-state index contributed by atoms with van der Waals surface area (Å²) in [5, 5.41) is 28.6. The SMILES string of the molecule is C=C(C)C(=O)c1ccc(Nc2nc(Nc3ccccc3)ncc2F)cc1.C=C(C)C(=O)c1cccc(Nc2nc(Nc3cccc(OC(F)(F)F)c3)ncc2F)c1.C=CC(=O)Nc1cccc(Nc2nc(Nc3ccc(OCCCCC(=O)OC(C)(C)C)cc3)ncc2F)c1.C=CC(=O)Nc1cccc(Nc2nc(Nc3cccc(OCCCn4ccnc4)c3)ncc2F)c1. The standard InChI is InChI=1S/C28H32FN5O4.C25H24FN7O2.C21H16F4N4O2.C20H17FN4O/c1-5-24(35)31-20-9-8-10-21(17-20)32-26-23(29)18-30-27(34-26)33-19-12-14-22(15-13-19)37-16-7-6-11-25(36)38-28(2,3)4;1-2-23(34)29-18-6-3-7-19(14-18)30-24-22(26)16-28-25(32-24)31-20-8-4-9-21(15-20)35-13-5-11-33-12-10-27-17-33;1-12(2)18(30)13-5-3-6-14(9-13)27-19-17(22)11-26-20(29-19)28-15-7-4-8-16(10-15)31-21(23,24)25;1-13(2)18(26)14-8-10-16(11-9-14)23-19-17(21)12-22-20(25-19)24-15-6-4-3-5-7-15/h5,8-10,12-15,17-18H,1,6-7,11,16H2,2-4H3,(H,31,35)(H2,30,32,33,34);2-4,6-10,12,14-17H,1,5,11,13H2,(H,29,34)(H2,28,30,31,32);3-11H,1H2,2H3,(H2,26,27,28,29);3-12H,1H2,2H3,(H2,22,23,24,25). The Morgan fingerprint density at radius 2 is 0.800 bits per heavy atom. The number of rotatable bonds is 36. The van der Waals surface area contributed by atoms with E-state index in [9.17, 15) is 54.7 Å². The Kier molecular flexibility index (Phi) is 34.4. The molecule has 13 aromatic rings. The fourth-order valence-corrected chi connectivity index (χ4v) is 11.2. The van der Waals surface area contributed by atoms with Crippen molar-refractivity contribution in [1.82, 2.24) is 49.4 Å². The number of hydrogen-bond donors (Lipinski definition) is 10. The third-order valence-corrected chi connectivity index (χ3v) is 17.1. The number of ketones is 2. The second-order valence-electron chi connectivity index (χ2n) is 28.9. The van der Waals surface area contributed by atoms with Gasteiger partial charge in [0.05, 0.1) is 44.3 Å². The number of esters is 1. The number of alkyl halides is 3. The van der Waals surface area contributed by atoms with Crippen LogP contribution in [0.5, 0.6) is 17.2 Å². The highest BCUT2D eigenvalue weighted by atomic mass is 19.4. The van der Waals surface area contributed by atoms with Crippen molar-refractivity contribution in [2.45, 2.75) is 78.8 Å². The topological polar surface area (TPSA) is 364 Å². The van der Waals surface area contributed by atoms with Crippen LogP contribution in [0, 0.1) is 23.3 Å². The average Bonchev–Trinajstić information content (AvgIpc) is 1.27. The first-order chi connectivity index (χ1) is 62.3. The van der Waals surface area contributed by atoms with Crippen molar-refractivity contribution in [1.29, 1.82) is 0 Å². The number of nitrogens with zero attached hydrogens (tertiary/aromatic N) is 10. The fraction of sp³-hybridized carbons (Fsp3) is 0.149. The zero-order valence-electron chi connectivity index (χ0n) is 70.8. The Morgan fingerprint density at radius 3 is 1.26 bits per heavy atom. The number of para-hydroxylation sites is 1. The number of ether oxygens (including phenoxy) is 4. The van der Waals surface area contributed by atoms with Crippen LogP contribution in [0.15, 0.2) is 293 Å². The largest absolute Gasteiger partial charge is 0.573 e. The zero-order valence-corrected chi connectivity index (χ0v) is 70.8. The summed E-state index contributed by atoms with van der Waals surface area (Å²) in [7, 11) is 0. The molecule has 36 heteroatoms. The molecule has 0 radical (unpaired) electrons. The van der Waals surface area contributed by atoms with Gasteiger partial charge >= 0.3 is 12.3 Å². The zero-order chi connectivity index (χ0) is 93.1. The van der Waals surface area contributed by atoms with Gasteiger partial charge in [-0.25, -0.2) is 42.5 Å². The van der Waals surface area contributed by atoms with E-state index in [2.05, 4.69) is 129 Å². The molecule has 0 atom stereocenters. The third kappa shape index (κ3) is 32.1. The van der Waals surface area contributed by atoms with E-state index in [1.807, 2.05) is 86.1 Å². The molecular weight excluding hydrogens is 1690 g/mol. The molecule has 2 amide bonds. The van der Waals surface area contributed by atoms with Crippen LogP contribution in [0.2, 0.25) is 0 Å². The van der Waals surface area contributed by atoms with Gasteiger partial charge in [-0.1, -0.05) is 80.9 Å². The Bertz CT molecular complexity index is 6090. The maximum absolute atomic E-state index is 14.4. The molecule has 0 aliphatic rings. The summed E-state index contributed by atoms with van der Waals surface area (Å²) in [5.74, 6) is -2.52. The van der Waals surface area contributed by atoms with Crippen molar-refractivity contribution in [3.63, 3.8) is 0 Å². The lowest BCUT2D eigenvalue weighted by molar-refractivity contribution is -0.274. The van der Waals surface area contributed by atoms with E-state index >= 15 is 0 Å². The van der Waals surface area contributed by atoms with Gasteiger partial charge in [0.1, 0.15) is 22.8 Å². The number of nitrogens with one attached hydrogen (secondary N) is 10. The Morgan fingerprint density at radius 1 is 0.415 bits per heavy atom. The monoisotopic (exact) mass is 1770 g/mol. The number of imidazole rings is 1. The summed E-state index contributed by atoms with van der Waals surface area (Å²) >= 11 is 0. The Labute approximate surface area is 743 Å². The van der Waals surface area contributed by atoms with Crippen LogP contribution in [0.4, 0.5) is 135 Å². The molecule has 0 aliphatic carbocycles. The molecule has 0 fully saturated rings. The van der Waals surface area contributed by atoms with Crippen molar-refractivity contribution in [3.05, 3.63) is 328 Å². The van der Waals surface area contributed by atoms with E-state index in [1.165, 1.54) is 24.3 Å². The number of amides is 2. The molecule has 0 saturated heterocycles. The smallest absolute Gasteiger partial charge is 0.494 e. The molecule has 29 nitrogen and oxygen atoms in total. The van der Waals surface area contributed by atoms with Crippen LogP contribution in [0.1, 0.15) is 81.0 Å². The van der Waals surface area contributed by atoms with Gasteiger partial charge in [-0.05, 0) is 211 Å². The Hall–Kier alpha value is -16.7. The molecule has 5 heterocycles. The summed E-state index contributed by atoms with van der Waals surface area (Å²) in [5.41, 5.74) is 6.76. The molecule has 5 aromatic heterocycles. The summed E-state index contributed by atoms with van der Waals surface area (Å²) in [6, 6.07) is 55.6. The quantitative estimate of drug-likeness (QED) is 0.00573. The highest BCUT2D eigenvalue weighted by molar-refractivity contribution is 6.09. The number of Topliss-reactive ketones (excluding diaryl/α,β-unsaturated/α-hetero) is 2. The van der Waals surface area contributed by atoms with Crippen LogP contribution >= 0.6 is 0 Å². The van der Waals surface area contributed by atoms with Crippen molar-refractivity contribution < 1.29 is 73.7 Å². The number of carbonyl (C=O) groups excluding carboxylic acids is 5. The molecule has 0 spiro atoms. The molecule has 0 unspecified atom stereocenters. The molecule has 13 rings (SSSR count). The summed E-state index contributed by atoms with van der Waals surface area (Å²) in [6.45, 7) is 24.7. The molecule has 0 saturated carbocycles. The lowest BCUT2D eigenvalue weighted by atomic mass is 10.1. The molecule has 130 heavy (non-hydrogen) atoms. The minimum atomic E-state index is -4.83. The molecule has 668 valence electrons. The maximum Gasteiger partial charge on any atom is 0.573 e. The van der Waals surface area contributed by atoms with E-state index in [0.29, 0.717) is 105 Å². The van der Waals surface area contributed by atoms with E-state index in [-0.39, 0.29) is 82.1 Å². The lowest BCUT2D eigenvalue weighted by Gasteiger charge is -2.19. The highest BCUT2D eigenvalue weighted by Crippen LogP contribution is 2.32. The minimum absolute atomic E-state index is 0.0124. The van der Waals surface area contributed by atoms with Crippen LogP contribution < -0.4 is 67.4 Å². The van der Waals surface area contributed by atoms with Crippen molar-refractivity contribution in [3.8, 4) is 17.2 Å². The van der Waals surface area contributed by atoms with Crippen molar-refractivity contribution >= 4 is 133 Å². The fourth-order valence-electron chi connectivity index (χ4n) is 11.2. The van der Waals surface area contributed by atoms with E-state index < -0.39 is 41.0 Å². The van der Waals surface area contributed by atoms with Crippen LogP contribution in [-0.2, 0) is 25.7 Å². The van der Waals surface area contributed by atoms with Crippen LogP contribution in [0.25, 0.3) is 0 Å². The van der Waals surface area contributed by atoms with Gasteiger partial charge in [-0.2, -0.15) is 19.9 Å². The number of benzene rings is 8. The number of hydrogen-bond acceptors (Lipinski definition) is 26. The first-order valence-electron chi connectivity index (χ1n) is 39.8. The van der Waals surface area contributed by atoms with Gasteiger partial charge in [0.2, 0.25) is 35.6 Å². The second-order valence-corrected chi connectivity index (χ2v) is 28.9. The average molecular weight is 1780 g/mol. The number of unbranched alkanes of at least 4 members (excludes halogenated alkanes) is 1. The van der Waals surface area contributed by atoms with E-state index in [4.69, 9.17) is 14.2 Å². The summed E-state index contributed by atoms with van der Waals surface area (Å²) in [4.78, 5) is 95.1. The number of anilines is 18. The van der Waals surface area contributed by atoms with Gasteiger partial charge in [-0.15, -0.1) is 13.2 Å². The maximum atomic E-state index is 14.4. The van der Waals surface area contributed by atoms with Crippen molar-refractivity contribution in [2.24, 2.45) is 0 Å². The Balaban J connectivity index is 0.000000182. The minimum Gasteiger partial charge on any atom is -0.494 e. The van der Waals surface area contributed by atoms with Crippen molar-refractivity contribution in [2.75, 3.05) is 66.4 Å². The van der Waals surface area contributed by atoms with Gasteiger partial charge in [0, 0.05) is 105 Å². The van der Waals surface area contributed by atoms with Crippen LogP contribution in [-0.4, -0.2) is 104 Å². The third-order valence-electron chi connectivity index (χ3n) is 17.1. The van der Waals surface area contributed by atoms with E-state index in [0.717, 1.165) is 68.1 Å². The summed E-state index contributed by atoms with van der Waals surface area (Å²) in [6.07, 6.45) is 9.67. The molecule has 0 bridgehead atoms. The predicted octanol–water partition coefficient (Wildman–Crippen LogP) is 21.6. The first-order valence-corrected chi connectivity index (χ1v) is 39.8. The summed E-state index contributed by atoms with van der Waals surface area (Å²) < 4.78 is 117. The molecule has 0 aliphatic heterocycles. The van der Waals surface area contributed by atoms with E-state index in [1.54, 1.807) is 142 Å². The number of allylic oxidation sites excluding steroid dienone is 2. The predicted molar refractivity (Wildman–Crippen MR) is 486 cm³/mol. The van der Waals surface area contributed by atoms with Gasteiger partial charge in [0.25, 0.3) is 0 Å². The first kappa shape index (κ1) is 95.5. The number of aromatic nitrogens is 10. The number of halogens is 7. The number of aryl methyl sites for hydroxylation is 1. The second kappa shape index (κ2) is 46.9. The molecular formula is C94H89F7N20O9. The number of carbonyl (C=O) groups is 5. The lowest BCUT2D eigenvalue weighted by Crippen LogP contribution is -2.23. The van der Waals surface area contributed by atoms with Gasteiger partial charge < -0.3 is 76.7 Å². The van der Waals surface area contributed by atoms with Gasteiger partial charge in [0.15, 0.2) is 58.1 Å². The molecule has 8 aromatic carbocycles. The van der Waals surface area contributed by atoms with Gasteiger partial charge in [-0.3, -0.25) is 24.0 Å². The molecule has 10 N–H and O–H groups in total. The highest BCUT2D eigenvalue weighted by Gasteiger charge is 2.31. The van der Waals surface area contributed by atoms with Crippen LogP contribution in [0.3, 0.4) is 0 Å². The normalized spacial score (nSPS) is 10.6.